The zero-order valence-electron chi connectivity index (χ0n) is 7.61. The van der Waals surface area contributed by atoms with Gasteiger partial charge in [0.15, 0.2) is 0 Å². The second kappa shape index (κ2) is 3.23. The highest BCUT2D eigenvalue weighted by Gasteiger charge is 2.20. The minimum absolute atomic E-state index is 0.0522. The summed E-state index contributed by atoms with van der Waals surface area (Å²) in [6.45, 7) is 4.72. The number of benzene rings is 1. The van der Waals surface area contributed by atoms with Crippen molar-refractivity contribution in [2.75, 3.05) is 11.4 Å². The summed E-state index contributed by atoms with van der Waals surface area (Å²) in [4.78, 5) is 2.18. The lowest BCUT2D eigenvalue weighted by molar-refractivity contribution is 0.739. The molecule has 2 heteroatoms. The van der Waals surface area contributed by atoms with Crippen molar-refractivity contribution in [2.24, 2.45) is 5.73 Å². The predicted octanol–water partition coefficient (Wildman–Crippen LogP) is 1.52. The number of nitrogens with zero attached hydrogens (tertiary/aromatic N) is 1. The van der Waals surface area contributed by atoms with E-state index in [2.05, 4.69) is 29.7 Å². The van der Waals surface area contributed by atoms with Crippen molar-refractivity contribution in [3.8, 4) is 0 Å². The summed E-state index contributed by atoms with van der Waals surface area (Å²) in [7, 11) is 0. The van der Waals surface area contributed by atoms with E-state index in [4.69, 9.17) is 5.73 Å². The Balaban J connectivity index is 2.33. The van der Waals surface area contributed by atoms with Crippen LogP contribution in [0, 0.1) is 0 Å². The Labute approximate surface area is 78.7 Å². The van der Waals surface area contributed by atoms with Crippen LogP contribution in [-0.4, -0.2) is 12.7 Å². The van der Waals surface area contributed by atoms with Crippen molar-refractivity contribution >= 4 is 5.69 Å². The normalized spacial score (nSPS) is 16.8. The highest BCUT2D eigenvalue weighted by atomic mass is 15.2. The lowest BCUT2D eigenvalue weighted by Gasteiger charge is -2.24. The number of anilines is 1. The molecule has 13 heavy (non-hydrogen) atoms. The van der Waals surface area contributed by atoms with E-state index >= 15 is 0 Å². The number of hydrogen-bond donors (Lipinski definition) is 1. The molecule has 1 unspecified atom stereocenters. The van der Waals surface area contributed by atoms with Gasteiger partial charge in [-0.25, -0.2) is 0 Å². The lowest BCUT2D eigenvalue weighted by Crippen LogP contribution is -2.39. The van der Waals surface area contributed by atoms with E-state index in [9.17, 15) is 0 Å². The maximum Gasteiger partial charge on any atom is 0.0959 e. The van der Waals surface area contributed by atoms with Gasteiger partial charge in [-0.3, -0.25) is 0 Å². The van der Waals surface area contributed by atoms with Crippen LogP contribution in [0.4, 0.5) is 5.69 Å². The van der Waals surface area contributed by atoms with E-state index in [0.717, 1.165) is 13.0 Å². The van der Waals surface area contributed by atoms with Crippen molar-refractivity contribution in [3.63, 3.8) is 0 Å². The molecular weight excluding hydrogens is 160 g/mol. The van der Waals surface area contributed by atoms with Gasteiger partial charge in [0.1, 0.15) is 0 Å². The molecule has 0 amide bonds. The topological polar surface area (TPSA) is 29.3 Å². The Kier molecular flexibility index (Phi) is 2.07. The highest BCUT2D eigenvalue weighted by Crippen LogP contribution is 2.28. The molecule has 0 saturated heterocycles. The second-order valence-electron chi connectivity index (χ2n) is 3.30. The fourth-order valence-electron chi connectivity index (χ4n) is 1.80. The number of nitrogens with two attached hydrogens (primary N) is 1. The van der Waals surface area contributed by atoms with E-state index in [1.165, 1.54) is 11.3 Å². The smallest absolute Gasteiger partial charge is 0.0959 e. The van der Waals surface area contributed by atoms with Gasteiger partial charge in [-0.15, -0.1) is 0 Å². The van der Waals surface area contributed by atoms with E-state index in [1.807, 2.05) is 6.07 Å². The quantitative estimate of drug-likeness (QED) is 0.689. The van der Waals surface area contributed by atoms with Crippen LogP contribution in [0.15, 0.2) is 36.9 Å². The molecule has 1 heterocycles. The van der Waals surface area contributed by atoms with E-state index in [-0.39, 0.29) is 6.17 Å². The van der Waals surface area contributed by atoms with Gasteiger partial charge in [-0.2, -0.15) is 0 Å². The Hall–Kier alpha value is -1.28. The third-order valence-electron chi connectivity index (χ3n) is 2.52. The van der Waals surface area contributed by atoms with Crippen LogP contribution in [-0.2, 0) is 6.42 Å². The first-order chi connectivity index (χ1) is 6.33. The fourth-order valence-corrected chi connectivity index (χ4v) is 1.80. The molecule has 1 aliphatic heterocycles. The van der Waals surface area contributed by atoms with E-state index < -0.39 is 0 Å². The van der Waals surface area contributed by atoms with Gasteiger partial charge in [0.2, 0.25) is 0 Å². The molecule has 2 nitrogen and oxygen atoms in total. The molecule has 0 fully saturated rings. The van der Waals surface area contributed by atoms with Gasteiger partial charge in [0, 0.05) is 12.2 Å². The molecule has 2 N–H and O–H groups in total. The third kappa shape index (κ3) is 1.33. The van der Waals surface area contributed by atoms with Crippen LogP contribution in [0.1, 0.15) is 5.56 Å². The first-order valence-corrected chi connectivity index (χ1v) is 4.55. The summed E-state index contributed by atoms with van der Waals surface area (Å²) in [5.74, 6) is 0. The van der Waals surface area contributed by atoms with Crippen molar-refractivity contribution < 1.29 is 0 Å². The summed E-state index contributed by atoms with van der Waals surface area (Å²) in [6.07, 6.45) is 2.82. The predicted molar refractivity (Wildman–Crippen MR) is 55.7 cm³/mol. The molecule has 68 valence electrons. The molecule has 1 aliphatic rings. The molecule has 2 rings (SSSR count). The second-order valence-corrected chi connectivity index (χ2v) is 3.30. The number of hydrogen-bond acceptors (Lipinski definition) is 2. The molecule has 1 aromatic carbocycles. The fraction of sp³-hybridized carbons (Fsp3) is 0.273. The molecule has 0 aliphatic carbocycles. The minimum Gasteiger partial charge on any atom is -0.352 e. The Morgan fingerprint density at radius 1 is 1.46 bits per heavy atom. The SMILES string of the molecule is C=CC(N)N1CCc2ccccc21. The highest BCUT2D eigenvalue weighted by molar-refractivity contribution is 5.58. The van der Waals surface area contributed by atoms with Gasteiger partial charge in [0.05, 0.1) is 6.17 Å². The van der Waals surface area contributed by atoms with Crippen LogP contribution < -0.4 is 10.6 Å². The largest absolute Gasteiger partial charge is 0.352 e. The van der Waals surface area contributed by atoms with Crippen LogP contribution in [0.5, 0.6) is 0 Å². The zero-order chi connectivity index (χ0) is 9.26. The monoisotopic (exact) mass is 174 g/mol. The molecule has 0 radical (unpaired) electrons. The summed E-state index contributed by atoms with van der Waals surface area (Å²) >= 11 is 0. The van der Waals surface area contributed by atoms with E-state index in [0.29, 0.717) is 0 Å². The molecule has 1 atom stereocenters. The van der Waals surface area contributed by atoms with Gasteiger partial charge < -0.3 is 10.6 Å². The average molecular weight is 174 g/mol. The van der Waals surface area contributed by atoms with Crippen LogP contribution in [0.3, 0.4) is 0 Å². The lowest BCUT2D eigenvalue weighted by atomic mass is 10.2. The molecule has 0 aromatic heterocycles. The number of fused-ring (bicyclic) bond motifs is 1. The van der Waals surface area contributed by atoms with Crippen molar-refractivity contribution in [2.45, 2.75) is 12.6 Å². The Bertz CT molecular complexity index is 320. The van der Waals surface area contributed by atoms with Crippen LogP contribution >= 0.6 is 0 Å². The first-order valence-electron chi connectivity index (χ1n) is 4.55. The number of rotatable bonds is 2. The van der Waals surface area contributed by atoms with E-state index in [1.54, 1.807) is 6.08 Å². The van der Waals surface area contributed by atoms with Crippen molar-refractivity contribution in [3.05, 3.63) is 42.5 Å². The molecular formula is C11H14N2. The maximum absolute atomic E-state index is 5.90. The van der Waals surface area contributed by atoms with Crippen molar-refractivity contribution in [1.82, 2.24) is 0 Å². The Morgan fingerprint density at radius 3 is 3.00 bits per heavy atom. The first kappa shape index (κ1) is 8.32. The molecule has 0 bridgehead atoms. The Morgan fingerprint density at radius 2 is 2.23 bits per heavy atom. The van der Waals surface area contributed by atoms with Gasteiger partial charge in [0.25, 0.3) is 0 Å². The van der Waals surface area contributed by atoms with Gasteiger partial charge >= 0.3 is 0 Å². The van der Waals surface area contributed by atoms with Gasteiger partial charge in [-0.1, -0.05) is 30.9 Å². The average Bonchev–Trinajstić information content (AvgIpc) is 2.60. The van der Waals surface area contributed by atoms with Crippen LogP contribution in [0.2, 0.25) is 0 Å². The zero-order valence-corrected chi connectivity index (χ0v) is 7.61. The minimum atomic E-state index is -0.0522. The summed E-state index contributed by atoms with van der Waals surface area (Å²) in [5.41, 5.74) is 8.55. The van der Waals surface area contributed by atoms with Crippen LogP contribution in [0.25, 0.3) is 0 Å². The van der Waals surface area contributed by atoms with Crippen molar-refractivity contribution in [1.29, 1.82) is 0 Å². The molecule has 0 spiro atoms. The summed E-state index contributed by atoms with van der Waals surface area (Å²) in [5, 5.41) is 0. The van der Waals surface area contributed by atoms with Gasteiger partial charge in [-0.05, 0) is 18.1 Å². The number of para-hydroxylation sites is 1. The molecule has 1 aromatic rings. The molecule has 0 saturated carbocycles. The summed E-state index contributed by atoms with van der Waals surface area (Å²) in [6, 6.07) is 8.39. The maximum atomic E-state index is 5.90. The standard InChI is InChI=1S/C11H14N2/c1-2-11(12)13-8-7-9-5-3-4-6-10(9)13/h2-6,11H,1,7-8,12H2. The summed E-state index contributed by atoms with van der Waals surface area (Å²) < 4.78 is 0. The third-order valence-corrected chi connectivity index (χ3v) is 2.52.